The standard InChI is InChI=1S/C5H8N2O2/c1-2-5(8)7-3-4-9-6-7/h3-4,6H,2H2,1H3. The van der Waals surface area contributed by atoms with E-state index in [1.54, 1.807) is 6.92 Å². The molecule has 0 aliphatic carbocycles. The summed E-state index contributed by atoms with van der Waals surface area (Å²) in [6.07, 6.45) is 3.42. The summed E-state index contributed by atoms with van der Waals surface area (Å²) >= 11 is 0. The summed E-state index contributed by atoms with van der Waals surface area (Å²) < 4.78 is 0. The zero-order chi connectivity index (χ0) is 6.69. The van der Waals surface area contributed by atoms with Gasteiger partial charge in [0.25, 0.3) is 0 Å². The van der Waals surface area contributed by atoms with Crippen molar-refractivity contribution < 1.29 is 9.63 Å². The molecule has 1 heterocycles. The lowest BCUT2D eigenvalue weighted by Crippen LogP contribution is -2.33. The molecule has 0 bridgehead atoms. The van der Waals surface area contributed by atoms with Gasteiger partial charge in [0.1, 0.15) is 6.26 Å². The summed E-state index contributed by atoms with van der Waals surface area (Å²) in [6.45, 7) is 1.79. The number of carbonyl (C=O) groups is 1. The maximum absolute atomic E-state index is 10.7. The quantitative estimate of drug-likeness (QED) is 0.546. The minimum atomic E-state index is -0.0104. The van der Waals surface area contributed by atoms with Crippen molar-refractivity contribution in [3.8, 4) is 0 Å². The van der Waals surface area contributed by atoms with Crippen LogP contribution in [-0.2, 0) is 9.63 Å². The number of hydrazine groups is 1. The normalized spacial score (nSPS) is 15.9. The largest absolute Gasteiger partial charge is 0.395 e. The molecule has 4 heteroatoms. The van der Waals surface area contributed by atoms with E-state index in [2.05, 4.69) is 10.4 Å². The van der Waals surface area contributed by atoms with Crippen molar-refractivity contribution in [3.63, 3.8) is 0 Å². The Morgan fingerprint density at radius 2 is 2.67 bits per heavy atom. The van der Waals surface area contributed by atoms with E-state index >= 15 is 0 Å². The molecule has 0 saturated heterocycles. The van der Waals surface area contributed by atoms with Gasteiger partial charge in [0.15, 0.2) is 0 Å². The van der Waals surface area contributed by atoms with Crippen LogP contribution in [0.25, 0.3) is 0 Å². The molecule has 1 rings (SSSR count). The Hall–Kier alpha value is -1.03. The third-order valence-corrected chi connectivity index (χ3v) is 1.00. The molecule has 0 aromatic carbocycles. The number of hydrogen-bond acceptors (Lipinski definition) is 3. The average molecular weight is 128 g/mol. The van der Waals surface area contributed by atoms with Crippen molar-refractivity contribution in [3.05, 3.63) is 12.5 Å². The molecule has 9 heavy (non-hydrogen) atoms. The third-order valence-electron chi connectivity index (χ3n) is 1.00. The second-order valence-corrected chi connectivity index (χ2v) is 1.61. The molecule has 0 atom stereocenters. The molecule has 0 aromatic rings. The van der Waals surface area contributed by atoms with Crippen LogP contribution in [0, 0.1) is 0 Å². The summed E-state index contributed by atoms with van der Waals surface area (Å²) in [6, 6.07) is 0. The van der Waals surface area contributed by atoms with E-state index in [0.29, 0.717) is 6.42 Å². The summed E-state index contributed by atoms with van der Waals surface area (Å²) in [5, 5.41) is 1.29. The molecule has 0 radical (unpaired) electrons. The van der Waals surface area contributed by atoms with E-state index < -0.39 is 0 Å². The maximum atomic E-state index is 10.7. The van der Waals surface area contributed by atoms with Gasteiger partial charge in [-0.2, -0.15) is 0 Å². The summed E-state index contributed by atoms with van der Waals surface area (Å²) in [7, 11) is 0. The van der Waals surface area contributed by atoms with Crippen molar-refractivity contribution in [2.24, 2.45) is 0 Å². The number of rotatable bonds is 1. The van der Waals surface area contributed by atoms with Crippen LogP contribution in [0.3, 0.4) is 0 Å². The summed E-state index contributed by atoms with van der Waals surface area (Å²) in [4.78, 5) is 15.3. The highest BCUT2D eigenvalue weighted by atomic mass is 16.7. The first kappa shape index (κ1) is 6.10. The smallest absolute Gasteiger partial charge is 0.243 e. The van der Waals surface area contributed by atoms with Crippen LogP contribution in [-0.4, -0.2) is 10.9 Å². The van der Waals surface area contributed by atoms with Gasteiger partial charge in [0.2, 0.25) is 5.91 Å². The number of hydrogen-bond donors (Lipinski definition) is 1. The van der Waals surface area contributed by atoms with Crippen molar-refractivity contribution >= 4 is 5.91 Å². The molecule has 1 aliphatic rings. The first-order valence-corrected chi connectivity index (χ1v) is 2.74. The van der Waals surface area contributed by atoms with Gasteiger partial charge < -0.3 is 4.84 Å². The van der Waals surface area contributed by atoms with Crippen molar-refractivity contribution in [1.82, 2.24) is 10.6 Å². The molecule has 0 spiro atoms. The average Bonchev–Trinajstić information content (AvgIpc) is 2.37. The zero-order valence-electron chi connectivity index (χ0n) is 5.13. The Labute approximate surface area is 53.0 Å². The summed E-state index contributed by atoms with van der Waals surface area (Å²) in [5.41, 5.74) is 2.38. The summed E-state index contributed by atoms with van der Waals surface area (Å²) in [5.74, 6) is -0.0104. The molecule has 1 aliphatic heterocycles. The molecular weight excluding hydrogens is 120 g/mol. The minimum absolute atomic E-state index is 0.0104. The number of amides is 1. The maximum Gasteiger partial charge on any atom is 0.243 e. The molecule has 1 N–H and O–H groups in total. The van der Waals surface area contributed by atoms with E-state index in [0.717, 1.165) is 0 Å². The first-order valence-electron chi connectivity index (χ1n) is 2.74. The van der Waals surface area contributed by atoms with Gasteiger partial charge in [-0.1, -0.05) is 12.5 Å². The van der Waals surface area contributed by atoms with Gasteiger partial charge in [-0.25, -0.2) is 5.01 Å². The van der Waals surface area contributed by atoms with Crippen LogP contribution in [0.15, 0.2) is 12.5 Å². The van der Waals surface area contributed by atoms with Crippen LogP contribution in [0.2, 0.25) is 0 Å². The third kappa shape index (κ3) is 1.20. The van der Waals surface area contributed by atoms with Gasteiger partial charge in [-0.3, -0.25) is 4.79 Å². The molecular formula is C5H8N2O2. The van der Waals surface area contributed by atoms with E-state index in [-0.39, 0.29) is 5.91 Å². The Morgan fingerprint density at radius 1 is 1.89 bits per heavy atom. The highest BCUT2D eigenvalue weighted by Gasteiger charge is 2.10. The predicted molar refractivity (Wildman–Crippen MR) is 30.5 cm³/mol. The van der Waals surface area contributed by atoms with Gasteiger partial charge >= 0.3 is 0 Å². The number of nitrogens with one attached hydrogen (secondary N) is 1. The molecule has 4 nitrogen and oxygen atoms in total. The highest BCUT2D eigenvalue weighted by molar-refractivity contribution is 5.76. The minimum Gasteiger partial charge on any atom is -0.395 e. The fourth-order valence-electron chi connectivity index (χ4n) is 0.513. The van der Waals surface area contributed by atoms with Crippen LogP contribution in [0.1, 0.15) is 13.3 Å². The fraction of sp³-hybridized carbons (Fsp3) is 0.400. The van der Waals surface area contributed by atoms with Crippen molar-refractivity contribution in [2.75, 3.05) is 0 Å². The second-order valence-electron chi connectivity index (χ2n) is 1.61. The van der Waals surface area contributed by atoms with Gasteiger partial charge in [0.05, 0.1) is 6.20 Å². The number of carbonyl (C=O) groups excluding carboxylic acids is 1. The molecule has 0 saturated carbocycles. The molecule has 0 fully saturated rings. The van der Waals surface area contributed by atoms with Crippen LogP contribution in [0.4, 0.5) is 0 Å². The Bertz CT molecular complexity index is 144. The SMILES string of the molecule is CCC(=O)N1C=CON1. The topological polar surface area (TPSA) is 41.6 Å². The predicted octanol–water partition coefficient (Wildman–Crippen LogP) is 0.146. The highest BCUT2D eigenvalue weighted by Crippen LogP contribution is 1.96. The van der Waals surface area contributed by atoms with E-state index in [1.807, 2.05) is 0 Å². The van der Waals surface area contributed by atoms with E-state index in [9.17, 15) is 4.79 Å². The van der Waals surface area contributed by atoms with Crippen LogP contribution in [0.5, 0.6) is 0 Å². The fourth-order valence-corrected chi connectivity index (χ4v) is 0.513. The van der Waals surface area contributed by atoms with Crippen molar-refractivity contribution in [1.29, 1.82) is 0 Å². The van der Waals surface area contributed by atoms with Gasteiger partial charge in [0, 0.05) is 6.42 Å². The van der Waals surface area contributed by atoms with Crippen LogP contribution >= 0.6 is 0 Å². The van der Waals surface area contributed by atoms with E-state index in [1.165, 1.54) is 17.5 Å². The second kappa shape index (κ2) is 2.50. The van der Waals surface area contributed by atoms with E-state index in [4.69, 9.17) is 0 Å². The first-order chi connectivity index (χ1) is 4.34. The molecule has 0 aromatic heterocycles. The Morgan fingerprint density at radius 3 is 3.11 bits per heavy atom. The van der Waals surface area contributed by atoms with Gasteiger partial charge in [-0.15, -0.1) is 0 Å². The number of nitrogens with zero attached hydrogens (tertiary/aromatic N) is 1. The van der Waals surface area contributed by atoms with Crippen LogP contribution < -0.4 is 5.59 Å². The lowest BCUT2D eigenvalue weighted by atomic mass is 10.4. The Balaban J connectivity index is 2.43. The lowest BCUT2D eigenvalue weighted by molar-refractivity contribution is -0.136. The Kier molecular flexibility index (Phi) is 1.69. The molecule has 0 unspecified atom stereocenters. The zero-order valence-corrected chi connectivity index (χ0v) is 5.13. The monoisotopic (exact) mass is 128 g/mol. The molecule has 50 valence electrons. The lowest BCUT2D eigenvalue weighted by Gasteiger charge is -2.08. The van der Waals surface area contributed by atoms with Gasteiger partial charge in [-0.05, 0) is 0 Å². The molecule has 1 amide bonds. The van der Waals surface area contributed by atoms with Crippen molar-refractivity contribution in [2.45, 2.75) is 13.3 Å².